The Balaban J connectivity index is 0.883. The first kappa shape index (κ1) is 58.6. The molecule has 21 heteroatoms. The molecule has 9 aliphatic rings. The Kier molecular flexibility index (Phi) is 15.7. The summed E-state index contributed by atoms with van der Waals surface area (Å²) in [5.74, 6) is 2.49. The van der Waals surface area contributed by atoms with E-state index in [0.717, 1.165) is 70.6 Å². The Morgan fingerprint density at radius 1 is 0.560 bits per heavy atom. The molecule has 8 saturated carbocycles. The molecule has 75 heavy (non-hydrogen) atoms. The molecule has 0 aromatic carbocycles. The van der Waals surface area contributed by atoms with Crippen LogP contribution >= 0.6 is 0 Å². The number of hydrogen-bond acceptors (Lipinski definition) is 13. The zero-order chi connectivity index (χ0) is 55.0. The predicted molar refractivity (Wildman–Crippen MR) is 279 cm³/mol. The Labute approximate surface area is 448 Å². The highest BCUT2D eigenvalue weighted by Gasteiger charge is 2.66. The van der Waals surface area contributed by atoms with Crippen LogP contribution in [0.1, 0.15) is 171 Å². The summed E-state index contributed by atoms with van der Waals surface area (Å²) >= 11 is 0. The molecule has 0 radical (unpaired) electrons. The predicted octanol–water partition coefficient (Wildman–Crippen LogP) is 10.1. The van der Waals surface area contributed by atoms with Gasteiger partial charge in [-0.2, -0.15) is 33.7 Å². The van der Waals surface area contributed by atoms with E-state index in [0.29, 0.717) is 66.6 Å². The molecule has 23 atom stereocenters. The lowest BCUT2D eigenvalue weighted by atomic mass is 9.43. The Morgan fingerprint density at radius 2 is 1.01 bits per heavy atom. The van der Waals surface area contributed by atoms with Crippen molar-refractivity contribution in [1.82, 2.24) is 0 Å². The Morgan fingerprint density at radius 3 is 1.56 bits per heavy atom. The van der Waals surface area contributed by atoms with Gasteiger partial charge in [-0.25, -0.2) is 16.7 Å². The average Bonchev–Trinajstić information content (AvgIpc) is 3.87. The molecule has 0 amide bonds. The van der Waals surface area contributed by atoms with Crippen LogP contribution in [0, 0.1) is 110 Å². The van der Waals surface area contributed by atoms with Gasteiger partial charge in [-0.15, -0.1) is 0 Å². The summed E-state index contributed by atoms with van der Waals surface area (Å²) in [4.78, 5) is 0. The van der Waals surface area contributed by atoms with E-state index < -0.39 is 83.4 Å². The molecule has 0 aromatic rings. The number of aliphatic hydroxyl groups excluding tert-OH is 1. The lowest BCUT2D eigenvalue weighted by Gasteiger charge is -2.63. The maximum Gasteiger partial charge on any atom is 0.397 e. The topological polar surface area (TPSA) is 275 Å². The summed E-state index contributed by atoms with van der Waals surface area (Å²) in [5.41, 5.74) is 0.295. The van der Waals surface area contributed by atoms with Crippen LogP contribution in [0.2, 0.25) is 0 Å². The standard InChI is InChI=1S/C54H88O17S4/c1-30(37-14-17-41-36-26-47(69-73(59,60)61)45-27-48(70-74(62,63)64)49(71-75(65,66)67)29-54(45,9)43(36)20-23-52(37,41)7)10-12-34-32(3)28-50(4,5)39(34)13-11-31(2)38-15-16-40-35-25-46(68-72(56,57)58)44-24-33(55)18-21-53(44,8)42(35)19-22-51(38,40)6/h11,13,28,30-31,33-49,55H,10,12,14-27,29H2,1-9H3,(H,56,57,58)(H,59,60,61)(H,62,63,64)(H,65,66,67)/b13-11+/t30-,31-,33-,34+,35+,36+,37-,38-,39+,40+,41+,42+,43+,44-,45-,46+,47+,48+,49+,51-,52-,53-,54-/m1/s1. The molecule has 0 saturated heterocycles. The van der Waals surface area contributed by atoms with E-state index in [1.54, 1.807) is 0 Å². The fourth-order valence-corrected chi connectivity index (χ4v) is 22.9. The van der Waals surface area contributed by atoms with Crippen molar-refractivity contribution in [3.63, 3.8) is 0 Å². The summed E-state index contributed by atoms with van der Waals surface area (Å²) in [6.07, 6.45) is 14.5. The van der Waals surface area contributed by atoms with Gasteiger partial charge in [0.25, 0.3) is 0 Å². The van der Waals surface area contributed by atoms with E-state index in [1.807, 2.05) is 6.92 Å². The van der Waals surface area contributed by atoms with E-state index in [2.05, 4.69) is 73.6 Å². The first-order valence-corrected chi connectivity index (χ1v) is 33.6. The number of allylic oxidation sites excluding steroid dienone is 4. The second-order valence-electron chi connectivity index (χ2n) is 27.7. The van der Waals surface area contributed by atoms with E-state index >= 15 is 0 Å². The van der Waals surface area contributed by atoms with Crippen molar-refractivity contribution in [3.05, 3.63) is 23.8 Å². The van der Waals surface area contributed by atoms with Crippen LogP contribution in [0.3, 0.4) is 0 Å². The minimum atomic E-state index is -5.13. The SMILES string of the molecule is CC1=CC(C)(C)[C@@H](/C=C/[C@@H](C)[C@H]2CC[C@H]3[C@@H]4C[C@H](OS(=O)(=O)O)[C@H]5C[C@H](O)CC[C@]5(C)[C@H]4CC[C@]23C)[C@H]1CC[C@@H](C)[C@H]1CC[C@H]2[C@@H]3C[C@H](OS(=O)(=O)O)[C@H]4C[C@H](OS(=O)(=O)O)[C@@H](OS(=O)(=O)O)C[C@]4(C)[C@H]3CC[C@]12C. The van der Waals surface area contributed by atoms with Gasteiger partial charge in [0, 0.05) is 0 Å². The largest absolute Gasteiger partial charge is 0.397 e. The number of aliphatic hydroxyl groups is 1. The van der Waals surface area contributed by atoms with Crippen molar-refractivity contribution in [2.45, 2.75) is 202 Å². The molecule has 0 spiro atoms. The molecule has 0 unspecified atom stereocenters. The zero-order valence-corrected chi connectivity index (χ0v) is 48.8. The minimum Gasteiger partial charge on any atom is -0.393 e. The molecule has 8 fully saturated rings. The third kappa shape index (κ3) is 11.2. The van der Waals surface area contributed by atoms with E-state index in [1.165, 1.54) is 5.57 Å². The molecule has 5 N–H and O–H groups in total. The normalized spacial score (nSPS) is 47.7. The van der Waals surface area contributed by atoms with Gasteiger partial charge in [-0.05, 0) is 226 Å². The highest BCUT2D eigenvalue weighted by atomic mass is 32.3. The van der Waals surface area contributed by atoms with Gasteiger partial charge in [0.1, 0.15) is 12.2 Å². The summed E-state index contributed by atoms with van der Waals surface area (Å²) in [6.45, 7) is 20.8. The second kappa shape index (κ2) is 20.1. The number of rotatable bonds is 15. The molecule has 0 aromatic heterocycles. The summed E-state index contributed by atoms with van der Waals surface area (Å²) in [6, 6.07) is 0. The van der Waals surface area contributed by atoms with Crippen molar-refractivity contribution in [1.29, 1.82) is 0 Å². The van der Waals surface area contributed by atoms with Gasteiger partial charge < -0.3 is 5.11 Å². The fourth-order valence-electron chi connectivity index (χ4n) is 20.9. The smallest absolute Gasteiger partial charge is 0.393 e. The average molecular weight is 1140 g/mol. The molecular formula is C54H88O17S4. The van der Waals surface area contributed by atoms with Crippen molar-refractivity contribution in [2.24, 2.45) is 110 Å². The van der Waals surface area contributed by atoms with Gasteiger partial charge in [0.05, 0.1) is 18.3 Å². The van der Waals surface area contributed by atoms with Crippen LogP contribution in [-0.4, -0.2) is 87.5 Å². The van der Waals surface area contributed by atoms with Crippen LogP contribution in [-0.2, 0) is 58.3 Å². The number of hydrogen-bond donors (Lipinski definition) is 5. The highest BCUT2D eigenvalue weighted by molar-refractivity contribution is 7.81. The minimum absolute atomic E-state index is 0.0421. The molecule has 0 aliphatic heterocycles. The molecule has 0 heterocycles. The lowest BCUT2D eigenvalue weighted by Crippen LogP contribution is -2.62. The van der Waals surface area contributed by atoms with Gasteiger partial charge in [0.2, 0.25) is 0 Å². The van der Waals surface area contributed by atoms with E-state index in [9.17, 15) is 57.0 Å². The van der Waals surface area contributed by atoms with Crippen molar-refractivity contribution in [3.8, 4) is 0 Å². The van der Waals surface area contributed by atoms with Crippen LogP contribution in [0.4, 0.5) is 0 Å². The van der Waals surface area contributed by atoms with Crippen LogP contribution in [0.5, 0.6) is 0 Å². The third-order valence-electron chi connectivity index (χ3n) is 23.7. The lowest BCUT2D eigenvalue weighted by molar-refractivity contribution is -0.184. The zero-order valence-electron chi connectivity index (χ0n) is 45.5. The van der Waals surface area contributed by atoms with Crippen LogP contribution in [0.15, 0.2) is 23.8 Å². The summed E-state index contributed by atoms with van der Waals surface area (Å²) < 4.78 is 158. The monoisotopic (exact) mass is 1140 g/mol. The quantitative estimate of drug-likeness (QED) is 0.0753. The van der Waals surface area contributed by atoms with E-state index in [4.69, 9.17) is 16.7 Å². The van der Waals surface area contributed by atoms with Crippen LogP contribution < -0.4 is 0 Å². The molecule has 430 valence electrons. The fraction of sp³-hybridized carbons (Fsp3) is 0.926. The van der Waals surface area contributed by atoms with Gasteiger partial charge in [0.15, 0.2) is 0 Å². The molecule has 17 nitrogen and oxygen atoms in total. The van der Waals surface area contributed by atoms with Gasteiger partial charge >= 0.3 is 41.6 Å². The summed E-state index contributed by atoms with van der Waals surface area (Å²) in [7, 11) is -19.9. The maximum absolute atomic E-state index is 12.4. The molecule has 9 rings (SSSR count). The van der Waals surface area contributed by atoms with E-state index in [-0.39, 0.29) is 70.5 Å². The van der Waals surface area contributed by atoms with Crippen molar-refractivity contribution < 1.29 is 73.7 Å². The first-order chi connectivity index (χ1) is 34.5. The van der Waals surface area contributed by atoms with Gasteiger partial charge in [-0.1, -0.05) is 79.2 Å². The van der Waals surface area contributed by atoms with Crippen molar-refractivity contribution in [2.75, 3.05) is 0 Å². The third-order valence-corrected chi connectivity index (χ3v) is 25.7. The van der Waals surface area contributed by atoms with Gasteiger partial charge in [-0.3, -0.25) is 18.2 Å². The molecular weight excluding hydrogens is 1050 g/mol. The number of fused-ring (bicyclic) bond motifs is 10. The molecule has 0 bridgehead atoms. The Bertz CT molecular complexity index is 2680. The molecule has 9 aliphatic carbocycles. The Hall–Kier alpha value is -1.08. The van der Waals surface area contributed by atoms with Crippen LogP contribution in [0.25, 0.3) is 0 Å². The maximum atomic E-state index is 12.4. The first-order valence-electron chi connectivity index (χ1n) is 28.1. The second-order valence-corrected chi connectivity index (χ2v) is 31.9. The summed E-state index contributed by atoms with van der Waals surface area (Å²) in [5, 5.41) is 10.7. The highest BCUT2D eigenvalue weighted by Crippen LogP contribution is 2.71. The van der Waals surface area contributed by atoms with Crippen molar-refractivity contribution >= 4 is 41.6 Å².